The van der Waals surface area contributed by atoms with Crippen LogP contribution in [0.5, 0.6) is 17.4 Å². The second kappa shape index (κ2) is 11.4. The van der Waals surface area contributed by atoms with E-state index >= 15 is 0 Å². The van der Waals surface area contributed by atoms with Gasteiger partial charge in [0.1, 0.15) is 52.8 Å². The lowest BCUT2D eigenvalue weighted by Gasteiger charge is -2.20. The highest BCUT2D eigenvalue weighted by atomic mass is 16.6. The number of fused-ring (bicyclic) bond motifs is 2. The lowest BCUT2D eigenvalue weighted by molar-refractivity contribution is -0.121. The molecule has 1 atom stereocenters. The minimum Gasteiger partial charge on any atom is -0.490 e. The number of benzene rings is 2. The van der Waals surface area contributed by atoms with Gasteiger partial charge in [0, 0.05) is 12.7 Å². The van der Waals surface area contributed by atoms with Crippen molar-refractivity contribution < 1.29 is 42.5 Å². The number of ether oxygens (including phenoxy) is 4. The van der Waals surface area contributed by atoms with Crippen molar-refractivity contribution >= 4 is 34.4 Å². The first-order valence-electron chi connectivity index (χ1n) is 11.3. The summed E-state index contributed by atoms with van der Waals surface area (Å²) in [7, 11) is 0. The van der Waals surface area contributed by atoms with Crippen LogP contribution in [0.15, 0.2) is 67.0 Å². The quantitative estimate of drug-likeness (QED) is 0.279. The van der Waals surface area contributed by atoms with Crippen LogP contribution in [0.25, 0.3) is 21.9 Å². The van der Waals surface area contributed by atoms with Crippen LogP contribution < -0.4 is 25.1 Å². The molecule has 0 aliphatic carbocycles. The number of hydrogen-bond donors (Lipinski definition) is 1. The molecule has 11 nitrogen and oxygen atoms in total. The third kappa shape index (κ3) is 5.78. The Bertz CT molecular complexity index is 1550. The van der Waals surface area contributed by atoms with E-state index in [9.17, 15) is 19.2 Å². The molecule has 192 valence electrons. The van der Waals surface area contributed by atoms with Gasteiger partial charge >= 0.3 is 12.4 Å². The Morgan fingerprint density at radius 1 is 0.946 bits per heavy atom. The molecule has 1 N–H and O–H groups in total. The molecule has 0 spiro atoms. The average molecular weight is 510 g/mol. The zero-order chi connectivity index (χ0) is 26.4. The Hall–Kier alpha value is -4.64. The maximum Gasteiger partial charge on any atom is 0.371 e. The summed E-state index contributed by atoms with van der Waals surface area (Å²) < 4.78 is 32.9. The van der Waals surface area contributed by atoms with E-state index in [1.54, 1.807) is 24.3 Å². The minimum absolute atomic E-state index is 0.00627. The van der Waals surface area contributed by atoms with E-state index in [4.69, 9.17) is 28.2 Å². The molecule has 0 fully saturated rings. The fourth-order valence-corrected chi connectivity index (χ4v) is 3.58. The lowest BCUT2D eigenvalue weighted by Crippen LogP contribution is -2.29. The van der Waals surface area contributed by atoms with Gasteiger partial charge in [-0.15, -0.1) is 0 Å². The summed E-state index contributed by atoms with van der Waals surface area (Å²) >= 11 is 0. The number of hydrogen-bond acceptors (Lipinski definition) is 10. The molecule has 0 radical (unpaired) electrons. The Morgan fingerprint density at radius 2 is 1.54 bits per heavy atom. The SMILES string of the molecule is CCCOC(COc1cccc2oc(OC=O)cc(=O)c12)COc1cccc2oc(C(=O)O)cc(=O)c12. The Kier molecular flexibility index (Phi) is 7.84. The second-order valence-electron chi connectivity index (χ2n) is 7.80. The summed E-state index contributed by atoms with van der Waals surface area (Å²) in [5.41, 5.74) is -0.770. The van der Waals surface area contributed by atoms with Crippen molar-refractivity contribution in [3.05, 3.63) is 74.7 Å². The van der Waals surface area contributed by atoms with Crippen molar-refractivity contribution in [2.24, 2.45) is 0 Å². The molecule has 0 saturated heterocycles. The normalized spacial score (nSPS) is 11.8. The van der Waals surface area contributed by atoms with E-state index in [1.165, 1.54) is 12.1 Å². The monoisotopic (exact) mass is 510 g/mol. The van der Waals surface area contributed by atoms with Crippen LogP contribution in [0, 0.1) is 0 Å². The topological polar surface area (TPSA) is 152 Å². The molecule has 37 heavy (non-hydrogen) atoms. The Morgan fingerprint density at radius 3 is 2.11 bits per heavy atom. The summed E-state index contributed by atoms with van der Waals surface area (Å²) in [6, 6.07) is 11.3. The van der Waals surface area contributed by atoms with E-state index < -0.39 is 28.7 Å². The smallest absolute Gasteiger partial charge is 0.371 e. The minimum atomic E-state index is -1.36. The van der Waals surface area contributed by atoms with Crippen molar-refractivity contribution in [3.63, 3.8) is 0 Å². The number of rotatable bonds is 12. The first-order chi connectivity index (χ1) is 17.9. The standard InChI is InChI=1S/C26H22O11/c1-2-9-32-15(12-33-18-5-3-7-20-24(18)16(28)10-22(36-20)26(30)31)13-34-19-6-4-8-21-25(19)17(29)11-23(37-21)35-14-27/h3-8,10-11,14-15H,2,9,12-13H2,1H3,(H,30,31). The fourth-order valence-electron chi connectivity index (χ4n) is 3.58. The van der Waals surface area contributed by atoms with Gasteiger partial charge in [-0.25, -0.2) is 4.79 Å². The molecule has 4 rings (SSSR count). The Balaban J connectivity index is 1.54. The summed E-state index contributed by atoms with van der Waals surface area (Å²) in [5, 5.41) is 9.39. The number of carbonyl (C=O) groups excluding carboxylic acids is 1. The maximum absolute atomic E-state index is 12.6. The highest BCUT2D eigenvalue weighted by Gasteiger charge is 2.18. The molecule has 4 aromatic rings. The average Bonchev–Trinajstić information content (AvgIpc) is 2.88. The van der Waals surface area contributed by atoms with E-state index in [0.717, 1.165) is 18.6 Å². The van der Waals surface area contributed by atoms with Gasteiger partial charge in [0.15, 0.2) is 10.9 Å². The van der Waals surface area contributed by atoms with Gasteiger partial charge in [0.05, 0.1) is 6.07 Å². The third-order valence-electron chi connectivity index (χ3n) is 5.19. The predicted molar refractivity (Wildman–Crippen MR) is 130 cm³/mol. The molecule has 11 heteroatoms. The van der Waals surface area contributed by atoms with Crippen LogP contribution in [0.1, 0.15) is 23.9 Å². The van der Waals surface area contributed by atoms with Crippen molar-refractivity contribution in [1.82, 2.24) is 0 Å². The molecule has 0 aliphatic heterocycles. The van der Waals surface area contributed by atoms with Crippen LogP contribution in [-0.2, 0) is 9.53 Å². The van der Waals surface area contributed by atoms with Crippen LogP contribution in [0.4, 0.5) is 0 Å². The lowest BCUT2D eigenvalue weighted by atomic mass is 10.2. The van der Waals surface area contributed by atoms with Crippen molar-refractivity contribution in [2.45, 2.75) is 19.4 Å². The van der Waals surface area contributed by atoms with Gasteiger partial charge in [0.25, 0.3) is 5.95 Å². The molecule has 2 heterocycles. The molecular weight excluding hydrogens is 488 g/mol. The first-order valence-corrected chi connectivity index (χ1v) is 11.3. The molecule has 2 aromatic heterocycles. The second-order valence-corrected chi connectivity index (χ2v) is 7.80. The molecule has 0 amide bonds. The maximum atomic E-state index is 12.6. The van der Waals surface area contributed by atoms with Crippen LogP contribution in [0.3, 0.4) is 0 Å². The summed E-state index contributed by atoms with van der Waals surface area (Å²) in [4.78, 5) is 46.9. The molecule has 0 aliphatic rings. The molecule has 0 bridgehead atoms. The summed E-state index contributed by atoms with van der Waals surface area (Å²) in [6.45, 7) is 2.47. The first kappa shape index (κ1) is 25.5. The van der Waals surface area contributed by atoms with Gasteiger partial charge < -0.3 is 32.9 Å². The van der Waals surface area contributed by atoms with Gasteiger partial charge in [-0.1, -0.05) is 19.1 Å². The number of carboxylic acid groups (broad SMARTS) is 1. The van der Waals surface area contributed by atoms with Gasteiger partial charge in [-0.2, -0.15) is 0 Å². The number of aromatic carboxylic acids is 1. The zero-order valence-electron chi connectivity index (χ0n) is 19.6. The third-order valence-corrected chi connectivity index (χ3v) is 5.19. The molecular formula is C26H22O11. The van der Waals surface area contributed by atoms with Crippen LogP contribution >= 0.6 is 0 Å². The predicted octanol–water partition coefficient (Wildman–Crippen LogP) is 3.39. The van der Waals surface area contributed by atoms with E-state index in [-0.39, 0.29) is 59.1 Å². The van der Waals surface area contributed by atoms with Crippen molar-refractivity contribution in [1.29, 1.82) is 0 Å². The van der Waals surface area contributed by atoms with Crippen molar-refractivity contribution in [2.75, 3.05) is 19.8 Å². The largest absolute Gasteiger partial charge is 0.490 e. The van der Waals surface area contributed by atoms with Gasteiger partial charge in [-0.05, 0) is 30.7 Å². The van der Waals surface area contributed by atoms with E-state index in [1.807, 2.05) is 6.92 Å². The number of carboxylic acids is 1. The zero-order valence-corrected chi connectivity index (χ0v) is 19.6. The van der Waals surface area contributed by atoms with E-state index in [0.29, 0.717) is 6.61 Å². The molecule has 1 unspecified atom stereocenters. The summed E-state index contributed by atoms with van der Waals surface area (Å²) in [6.07, 6.45) is 0.129. The van der Waals surface area contributed by atoms with Crippen LogP contribution in [0.2, 0.25) is 0 Å². The van der Waals surface area contributed by atoms with Crippen LogP contribution in [-0.4, -0.2) is 43.5 Å². The van der Waals surface area contributed by atoms with Gasteiger partial charge in [-0.3, -0.25) is 14.4 Å². The highest BCUT2D eigenvalue weighted by Crippen LogP contribution is 2.26. The van der Waals surface area contributed by atoms with E-state index in [2.05, 4.69) is 4.74 Å². The van der Waals surface area contributed by atoms with Crippen molar-refractivity contribution in [3.8, 4) is 17.4 Å². The Labute approximate surface area is 208 Å². The summed E-state index contributed by atoms with van der Waals surface area (Å²) in [5.74, 6) is -1.64. The molecule has 0 saturated carbocycles. The highest BCUT2D eigenvalue weighted by molar-refractivity contribution is 5.89. The molecule has 2 aromatic carbocycles. The fraction of sp³-hybridized carbons (Fsp3) is 0.231. The van der Waals surface area contributed by atoms with Gasteiger partial charge in [0.2, 0.25) is 5.76 Å². The number of carbonyl (C=O) groups is 2.